The summed E-state index contributed by atoms with van der Waals surface area (Å²) in [7, 11) is 5.49. The number of hydrogen-bond donors (Lipinski definition) is 2. The van der Waals surface area contributed by atoms with Crippen molar-refractivity contribution in [3.8, 4) is 5.75 Å². The van der Waals surface area contributed by atoms with E-state index < -0.39 is 0 Å². The van der Waals surface area contributed by atoms with Gasteiger partial charge in [-0.05, 0) is 55.7 Å². The topological polar surface area (TPSA) is 82.6 Å². The number of hydrogen-bond acceptors (Lipinski definition) is 8. The van der Waals surface area contributed by atoms with E-state index in [0.717, 1.165) is 31.0 Å². The van der Waals surface area contributed by atoms with Crippen LogP contribution in [0.3, 0.4) is 0 Å². The molecule has 0 aliphatic carbocycles. The molecule has 2 N–H and O–H groups in total. The molecule has 1 amide bonds. The number of aromatic nitrogens is 2. The van der Waals surface area contributed by atoms with E-state index in [1.54, 1.807) is 19.4 Å². The second kappa shape index (κ2) is 10.5. The van der Waals surface area contributed by atoms with Crippen molar-refractivity contribution in [2.75, 3.05) is 49.8 Å². The van der Waals surface area contributed by atoms with Gasteiger partial charge in [0, 0.05) is 48.5 Å². The predicted octanol–water partition coefficient (Wildman–Crippen LogP) is 3.91. The van der Waals surface area contributed by atoms with Gasteiger partial charge in [-0.15, -0.1) is 11.3 Å². The van der Waals surface area contributed by atoms with Crippen LogP contribution in [0, 0.1) is 0 Å². The van der Waals surface area contributed by atoms with Gasteiger partial charge in [-0.3, -0.25) is 4.79 Å². The molecule has 0 atom stereocenters. The summed E-state index contributed by atoms with van der Waals surface area (Å²) >= 11 is 1.82. The first-order valence-electron chi connectivity index (χ1n) is 10.7. The minimum absolute atomic E-state index is 0.189. The van der Waals surface area contributed by atoms with Crippen LogP contribution < -0.4 is 20.3 Å². The van der Waals surface area contributed by atoms with Crippen LogP contribution >= 0.6 is 11.3 Å². The summed E-state index contributed by atoms with van der Waals surface area (Å²) in [6.45, 7) is 2.49. The number of carbonyl (C=O) groups is 1. The molecule has 0 unspecified atom stereocenters. The molecule has 0 spiro atoms. The highest BCUT2D eigenvalue weighted by molar-refractivity contribution is 7.10. The van der Waals surface area contributed by atoms with E-state index in [4.69, 9.17) is 9.72 Å². The van der Waals surface area contributed by atoms with Crippen LogP contribution in [0.25, 0.3) is 0 Å². The van der Waals surface area contributed by atoms with Crippen LogP contribution in [0.4, 0.5) is 23.1 Å². The molecule has 3 aromatic rings. The first-order valence-corrected chi connectivity index (χ1v) is 11.6. The van der Waals surface area contributed by atoms with Gasteiger partial charge in [0.2, 0.25) is 11.9 Å². The first-order chi connectivity index (χ1) is 16.0. The zero-order valence-electron chi connectivity index (χ0n) is 19.0. The molecule has 2 aromatic heterocycles. The molecule has 8 nitrogen and oxygen atoms in total. The molecule has 33 heavy (non-hydrogen) atoms. The van der Waals surface area contributed by atoms with Gasteiger partial charge in [-0.1, -0.05) is 6.08 Å². The third-order valence-electron chi connectivity index (χ3n) is 5.23. The van der Waals surface area contributed by atoms with Gasteiger partial charge in [0.05, 0.1) is 12.8 Å². The van der Waals surface area contributed by atoms with Crippen LogP contribution in [0.1, 0.15) is 10.4 Å². The zero-order valence-corrected chi connectivity index (χ0v) is 19.9. The van der Waals surface area contributed by atoms with Gasteiger partial charge >= 0.3 is 0 Å². The highest BCUT2D eigenvalue weighted by atomic mass is 32.1. The highest BCUT2D eigenvalue weighted by Crippen LogP contribution is 2.31. The number of anilines is 4. The fraction of sp³-hybridized carbons (Fsp3) is 0.292. The largest absolute Gasteiger partial charge is 0.494 e. The van der Waals surface area contributed by atoms with Crippen LogP contribution in [-0.2, 0) is 17.8 Å². The van der Waals surface area contributed by atoms with Crippen LogP contribution in [0.15, 0.2) is 54.1 Å². The Hall–Kier alpha value is -3.43. The lowest BCUT2D eigenvalue weighted by molar-refractivity contribution is -0.111. The second-order valence-electron chi connectivity index (χ2n) is 7.97. The molecule has 0 radical (unpaired) electrons. The number of carbonyl (C=O) groups excluding carboxylic acids is 1. The molecule has 4 rings (SSSR count). The van der Waals surface area contributed by atoms with E-state index in [1.807, 2.05) is 54.6 Å². The molecule has 0 bridgehead atoms. The smallest absolute Gasteiger partial charge is 0.248 e. The van der Waals surface area contributed by atoms with E-state index >= 15 is 0 Å². The Morgan fingerprint density at radius 1 is 1.30 bits per heavy atom. The Balaban J connectivity index is 1.44. The number of amides is 1. The summed E-state index contributed by atoms with van der Waals surface area (Å²) in [6.07, 6.45) is 6.13. The van der Waals surface area contributed by atoms with Gasteiger partial charge in [0.1, 0.15) is 11.6 Å². The second-order valence-corrected chi connectivity index (χ2v) is 8.97. The summed E-state index contributed by atoms with van der Waals surface area (Å²) in [5.74, 6) is 1.77. The summed E-state index contributed by atoms with van der Waals surface area (Å²) < 4.78 is 5.53. The molecular formula is C24H28N6O2S. The normalized spacial score (nSPS) is 13.3. The van der Waals surface area contributed by atoms with Crippen molar-refractivity contribution in [2.24, 2.45) is 0 Å². The van der Waals surface area contributed by atoms with E-state index in [0.29, 0.717) is 23.9 Å². The maximum Gasteiger partial charge on any atom is 0.248 e. The summed E-state index contributed by atoms with van der Waals surface area (Å²) in [6, 6.07) is 9.55. The molecule has 0 saturated heterocycles. The number of nitrogens with zero attached hydrogens (tertiary/aromatic N) is 4. The predicted molar refractivity (Wildman–Crippen MR) is 134 cm³/mol. The standard InChI is InChI=1S/C24H28N6O2S/c1-29(2)12-4-5-23(31)26-18-6-7-19(20(15-18)32-3)27-24-25-11-8-22(28-24)30-13-9-21-17(16-30)10-14-33-21/h4-8,10-11,14-15H,9,12-13,16H2,1-3H3,(H,26,31)(H,25,27,28). The number of fused-ring (bicyclic) bond motifs is 1. The van der Waals surface area contributed by atoms with Gasteiger partial charge in [-0.2, -0.15) is 4.98 Å². The minimum Gasteiger partial charge on any atom is -0.494 e. The number of rotatable bonds is 8. The maximum absolute atomic E-state index is 12.1. The van der Waals surface area contributed by atoms with Crippen molar-refractivity contribution in [3.05, 3.63) is 64.5 Å². The van der Waals surface area contributed by atoms with Gasteiger partial charge in [0.25, 0.3) is 0 Å². The molecule has 1 aliphatic rings. The molecule has 9 heteroatoms. The molecule has 1 aliphatic heterocycles. The van der Waals surface area contributed by atoms with Crippen molar-refractivity contribution < 1.29 is 9.53 Å². The number of thiophene rings is 1. The van der Waals surface area contributed by atoms with Crippen LogP contribution in [-0.4, -0.2) is 55.1 Å². The Kier molecular flexibility index (Phi) is 7.21. The van der Waals surface area contributed by atoms with Crippen molar-refractivity contribution in [3.63, 3.8) is 0 Å². The number of nitrogens with one attached hydrogen (secondary N) is 2. The average Bonchev–Trinajstić information content (AvgIpc) is 3.28. The lowest BCUT2D eigenvalue weighted by atomic mass is 10.1. The van der Waals surface area contributed by atoms with Crippen molar-refractivity contribution in [1.82, 2.24) is 14.9 Å². The zero-order chi connectivity index (χ0) is 23.2. The summed E-state index contributed by atoms with van der Waals surface area (Å²) in [5, 5.41) is 8.24. The quantitative estimate of drug-likeness (QED) is 0.489. The van der Waals surface area contributed by atoms with Crippen LogP contribution in [0.2, 0.25) is 0 Å². The molecule has 1 aromatic carbocycles. The van der Waals surface area contributed by atoms with E-state index in [9.17, 15) is 4.79 Å². The fourth-order valence-corrected chi connectivity index (χ4v) is 4.47. The first kappa shape index (κ1) is 22.8. The van der Waals surface area contributed by atoms with Crippen molar-refractivity contribution in [1.29, 1.82) is 0 Å². The summed E-state index contributed by atoms with van der Waals surface area (Å²) in [4.78, 5) is 26.9. The van der Waals surface area contributed by atoms with Gasteiger partial charge < -0.3 is 25.2 Å². The average molecular weight is 465 g/mol. The Labute approximate surface area is 197 Å². The Morgan fingerprint density at radius 2 is 2.18 bits per heavy atom. The lowest BCUT2D eigenvalue weighted by Crippen LogP contribution is -2.30. The Morgan fingerprint density at radius 3 is 3.00 bits per heavy atom. The number of benzene rings is 1. The molecule has 172 valence electrons. The fourth-order valence-electron chi connectivity index (χ4n) is 3.58. The maximum atomic E-state index is 12.1. The molecule has 0 fully saturated rings. The van der Waals surface area contributed by atoms with Crippen LogP contribution in [0.5, 0.6) is 5.75 Å². The lowest BCUT2D eigenvalue weighted by Gasteiger charge is -2.28. The SMILES string of the molecule is COc1cc(NC(=O)C=CCN(C)C)ccc1Nc1nccc(N2CCc3sccc3C2)n1. The third-order valence-corrected chi connectivity index (χ3v) is 6.25. The number of likely N-dealkylation sites (N-methyl/N-ethyl adjacent to an activating group) is 1. The van der Waals surface area contributed by atoms with E-state index in [2.05, 4.69) is 32.0 Å². The molecule has 3 heterocycles. The summed E-state index contributed by atoms with van der Waals surface area (Å²) in [5.41, 5.74) is 2.73. The monoisotopic (exact) mass is 464 g/mol. The molecule has 0 saturated carbocycles. The van der Waals surface area contributed by atoms with Gasteiger partial charge in [-0.25, -0.2) is 4.98 Å². The van der Waals surface area contributed by atoms with E-state index in [-0.39, 0.29) is 5.91 Å². The van der Waals surface area contributed by atoms with Gasteiger partial charge in [0.15, 0.2) is 0 Å². The van der Waals surface area contributed by atoms with Crippen molar-refractivity contribution >= 4 is 40.4 Å². The Bertz CT molecular complexity index is 1140. The van der Waals surface area contributed by atoms with E-state index in [1.165, 1.54) is 16.5 Å². The highest BCUT2D eigenvalue weighted by Gasteiger charge is 2.19. The minimum atomic E-state index is -0.189. The third kappa shape index (κ3) is 5.88. The molecular weight excluding hydrogens is 436 g/mol. The number of methoxy groups -OCH3 is 1. The van der Waals surface area contributed by atoms with Crippen molar-refractivity contribution in [2.45, 2.75) is 13.0 Å². The number of ether oxygens (including phenoxy) is 1.